The molecule has 0 saturated heterocycles. The molecule has 0 unspecified atom stereocenters. The molecule has 2 N–H and O–H groups in total. The summed E-state index contributed by atoms with van der Waals surface area (Å²) in [6, 6.07) is 10.0. The molecule has 2 rings (SSSR count). The monoisotopic (exact) mass is 349 g/mol. The molecule has 2 aromatic rings. The van der Waals surface area contributed by atoms with Crippen molar-refractivity contribution in [1.82, 2.24) is 4.98 Å². The van der Waals surface area contributed by atoms with Crippen molar-refractivity contribution in [2.45, 2.75) is 6.42 Å². The number of pyridine rings is 1. The van der Waals surface area contributed by atoms with Crippen LogP contribution in [-0.4, -0.2) is 23.6 Å². The van der Waals surface area contributed by atoms with Crippen molar-refractivity contribution in [3.63, 3.8) is 0 Å². The van der Waals surface area contributed by atoms with Crippen molar-refractivity contribution < 1.29 is 0 Å². The first-order valence-electron chi connectivity index (χ1n) is 6.28. The molecule has 0 radical (unpaired) electrons. The van der Waals surface area contributed by atoms with Gasteiger partial charge in [0.05, 0.1) is 0 Å². The number of hydrogen-bond donors (Lipinski definition) is 1. The molecule has 0 fully saturated rings. The van der Waals surface area contributed by atoms with Crippen LogP contribution in [0.5, 0.6) is 0 Å². The molecule has 104 valence electrons. The standard InChI is InChI=1S/C15H16BrN3S/c1-19(10-7-11-5-8-18-9-6-11)13-4-2-3-12(16)14(13)15(17)20/h2-6,8-9H,7,10H2,1H3,(H2,17,20). The number of rotatable bonds is 5. The van der Waals surface area contributed by atoms with Gasteiger partial charge in [-0.1, -0.05) is 18.3 Å². The molecule has 0 aliphatic heterocycles. The Morgan fingerprint density at radius 3 is 2.65 bits per heavy atom. The number of aromatic nitrogens is 1. The van der Waals surface area contributed by atoms with Crippen LogP contribution in [0.4, 0.5) is 5.69 Å². The third-order valence-corrected chi connectivity index (χ3v) is 4.00. The predicted molar refractivity (Wildman–Crippen MR) is 91.2 cm³/mol. The molecule has 0 atom stereocenters. The fourth-order valence-corrected chi connectivity index (χ4v) is 2.96. The zero-order valence-corrected chi connectivity index (χ0v) is 13.6. The second kappa shape index (κ2) is 6.81. The first-order chi connectivity index (χ1) is 9.59. The highest BCUT2D eigenvalue weighted by molar-refractivity contribution is 9.10. The smallest absolute Gasteiger partial charge is 0.107 e. The number of benzene rings is 1. The quantitative estimate of drug-likeness (QED) is 0.842. The van der Waals surface area contributed by atoms with Crippen LogP contribution in [0.2, 0.25) is 0 Å². The van der Waals surface area contributed by atoms with Crippen LogP contribution in [-0.2, 0) is 6.42 Å². The lowest BCUT2D eigenvalue weighted by molar-refractivity contribution is 0.873. The minimum Gasteiger partial charge on any atom is -0.389 e. The van der Waals surface area contributed by atoms with Gasteiger partial charge in [0.1, 0.15) is 4.99 Å². The van der Waals surface area contributed by atoms with Gasteiger partial charge < -0.3 is 10.6 Å². The molecule has 0 bridgehead atoms. The summed E-state index contributed by atoms with van der Waals surface area (Å²) >= 11 is 8.66. The van der Waals surface area contributed by atoms with E-state index in [1.54, 1.807) is 0 Å². The molecule has 0 aliphatic carbocycles. The van der Waals surface area contributed by atoms with Crippen LogP contribution in [0, 0.1) is 0 Å². The zero-order valence-electron chi connectivity index (χ0n) is 11.2. The molecular formula is C15H16BrN3S. The van der Waals surface area contributed by atoms with E-state index in [2.05, 4.69) is 25.8 Å². The molecule has 0 aliphatic rings. The Bertz CT molecular complexity index is 601. The average molecular weight is 350 g/mol. The van der Waals surface area contributed by atoms with Crippen molar-refractivity contribution in [2.24, 2.45) is 5.73 Å². The molecule has 1 heterocycles. The minimum absolute atomic E-state index is 0.406. The number of hydrogen-bond acceptors (Lipinski definition) is 3. The summed E-state index contributed by atoms with van der Waals surface area (Å²) in [5, 5.41) is 0. The van der Waals surface area contributed by atoms with Gasteiger partial charge in [-0.05, 0) is 52.2 Å². The third kappa shape index (κ3) is 3.55. The minimum atomic E-state index is 0.406. The molecule has 0 spiro atoms. The van der Waals surface area contributed by atoms with Crippen molar-refractivity contribution in [3.8, 4) is 0 Å². The summed E-state index contributed by atoms with van der Waals surface area (Å²) in [4.78, 5) is 6.60. The number of anilines is 1. The molecular weight excluding hydrogens is 334 g/mol. The lowest BCUT2D eigenvalue weighted by Crippen LogP contribution is -2.24. The van der Waals surface area contributed by atoms with Crippen LogP contribution >= 0.6 is 28.1 Å². The normalized spacial score (nSPS) is 10.3. The Morgan fingerprint density at radius 1 is 1.30 bits per heavy atom. The Kier molecular flexibility index (Phi) is 5.09. The van der Waals surface area contributed by atoms with Gasteiger partial charge >= 0.3 is 0 Å². The van der Waals surface area contributed by atoms with Crippen molar-refractivity contribution in [2.75, 3.05) is 18.5 Å². The number of nitrogens with two attached hydrogens (primary N) is 1. The molecule has 5 heteroatoms. The highest BCUT2D eigenvalue weighted by Crippen LogP contribution is 2.27. The SMILES string of the molecule is CN(CCc1ccncc1)c1cccc(Br)c1C(N)=S. The molecule has 1 aromatic heterocycles. The summed E-state index contributed by atoms with van der Waals surface area (Å²) in [7, 11) is 2.05. The zero-order chi connectivity index (χ0) is 14.5. The average Bonchev–Trinajstić information content (AvgIpc) is 2.45. The third-order valence-electron chi connectivity index (χ3n) is 3.13. The number of likely N-dealkylation sites (N-methyl/N-ethyl adjacent to an activating group) is 1. The van der Waals surface area contributed by atoms with Crippen LogP contribution in [0.25, 0.3) is 0 Å². The Balaban J connectivity index is 2.15. The summed E-state index contributed by atoms with van der Waals surface area (Å²) in [6.07, 6.45) is 4.58. The number of nitrogens with zero attached hydrogens (tertiary/aromatic N) is 2. The maximum Gasteiger partial charge on any atom is 0.107 e. The Morgan fingerprint density at radius 2 is 2.00 bits per heavy atom. The summed E-state index contributed by atoms with van der Waals surface area (Å²) in [6.45, 7) is 0.885. The fourth-order valence-electron chi connectivity index (χ4n) is 2.04. The molecule has 1 aromatic carbocycles. The van der Waals surface area contributed by atoms with Gasteiger partial charge in [-0.2, -0.15) is 0 Å². The Labute approximate surface area is 132 Å². The fraction of sp³-hybridized carbons (Fsp3) is 0.200. The topological polar surface area (TPSA) is 42.2 Å². The van der Waals surface area contributed by atoms with Gasteiger partial charge in [0.2, 0.25) is 0 Å². The van der Waals surface area contributed by atoms with Crippen LogP contribution in [0.1, 0.15) is 11.1 Å². The van der Waals surface area contributed by atoms with Crippen molar-refractivity contribution >= 4 is 38.8 Å². The highest BCUT2D eigenvalue weighted by Gasteiger charge is 2.12. The number of halogens is 1. The van der Waals surface area contributed by atoms with Crippen LogP contribution < -0.4 is 10.6 Å². The molecule has 0 amide bonds. The first-order valence-corrected chi connectivity index (χ1v) is 7.48. The molecule has 20 heavy (non-hydrogen) atoms. The molecule has 0 saturated carbocycles. The number of thiocarbonyl (C=S) groups is 1. The van der Waals surface area contributed by atoms with Gasteiger partial charge in [-0.15, -0.1) is 0 Å². The van der Waals surface area contributed by atoms with Gasteiger partial charge in [0.25, 0.3) is 0 Å². The Hall–Kier alpha value is -1.46. The lowest BCUT2D eigenvalue weighted by atomic mass is 10.1. The highest BCUT2D eigenvalue weighted by atomic mass is 79.9. The maximum absolute atomic E-state index is 5.83. The van der Waals surface area contributed by atoms with Gasteiger partial charge in [0.15, 0.2) is 0 Å². The first kappa shape index (κ1) is 14.9. The van der Waals surface area contributed by atoms with E-state index in [9.17, 15) is 0 Å². The van der Waals surface area contributed by atoms with Gasteiger partial charge in [-0.25, -0.2) is 0 Å². The van der Waals surface area contributed by atoms with Crippen LogP contribution in [0.15, 0.2) is 47.2 Å². The van der Waals surface area contributed by atoms with E-state index in [0.717, 1.165) is 28.7 Å². The van der Waals surface area contributed by atoms with E-state index in [4.69, 9.17) is 18.0 Å². The summed E-state index contributed by atoms with van der Waals surface area (Å²) < 4.78 is 0.929. The lowest BCUT2D eigenvalue weighted by Gasteiger charge is -2.23. The van der Waals surface area contributed by atoms with E-state index >= 15 is 0 Å². The summed E-state index contributed by atoms with van der Waals surface area (Å²) in [5.74, 6) is 0. The van der Waals surface area contributed by atoms with Crippen molar-refractivity contribution in [1.29, 1.82) is 0 Å². The van der Waals surface area contributed by atoms with Gasteiger partial charge in [0, 0.05) is 41.7 Å². The predicted octanol–water partition coefficient (Wildman–Crippen LogP) is 3.16. The second-order valence-electron chi connectivity index (χ2n) is 4.53. The van der Waals surface area contributed by atoms with E-state index < -0.39 is 0 Å². The molecule has 3 nitrogen and oxygen atoms in total. The van der Waals surface area contributed by atoms with E-state index in [0.29, 0.717) is 4.99 Å². The van der Waals surface area contributed by atoms with Crippen LogP contribution in [0.3, 0.4) is 0 Å². The largest absolute Gasteiger partial charge is 0.389 e. The van der Waals surface area contributed by atoms with E-state index in [1.165, 1.54) is 5.56 Å². The summed E-state index contributed by atoms with van der Waals surface area (Å²) in [5.41, 5.74) is 9.02. The maximum atomic E-state index is 5.83. The van der Waals surface area contributed by atoms with E-state index in [1.807, 2.05) is 49.8 Å². The van der Waals surface area contributed by atoms with E-state index in [-0.39, 0.29) is 0 Å². The van der Waals surface area contributed by atoms with Gasteiger partial charge in [-0.3, -0.25) is 4.98 Å². The second-order valence-corrected chi connectivity index (χ2v) is 5.82. The van der Waals surface area contributed by atoms with Crippen molar-refractivity contribution in [3.05, 3.63) is 58.3 Å².